The Kier molecular flexibility index (Phi) is 3.02. The highest BCUT2D eigenvalue weighted by atomic mass is 16.1. The fraction of sp³-hybridized carbons (Fsp3) is 0.500. The predicted octanol–water partition coefficient (Wildman–Crippen LogP) is -0.379. The van der Waals surface area contributed by atoms with E-state index in [1.165, 1.54) is 0 Å². The number of rotatable bonds is 3. The molecule has 0 unspecified atom stereocenters. The molecule has 0 bridgehead atoms. The van der Waals surface area contributed by atoms with Crippen LogP contribution in [0.25, 0.3) is 0 Å². The van der Waals surface area contributed by atoms with Crippen LogP contribution in [0.3, 0.4) is 0 Å². The molecular formula is C8H14N4O. The Balaban J connectivity index is 3.15. The summed E-state index contributed by atoms with van der Waals surface area (Å²) in [6.07, 6.45) is 0.568. The summed E-state index contributed by atoms with van der Waals surface area (Å²) in [5, 5.41) is 2.78. The zero-order chi connectivity index (χ0) is 9.84. The third-order valence-corrected chi connectivity index (χ3v) is 1.85. The van der Waals surface area contributed by atoms with Gasteiger partial charge in [0.1, 0.15) is 0 Å². The fourth-order valence-corrected chi connectivity index (χ4v) is 1.17. The third kappa shape index (κ3) is 2.06. The van der Waals surface area contributed by atoms with Gasteiger partial charge in [-0.25, -0.2) is 4.98 Å². The van der Waals surface area contributed by atoms with Crippen LogP contribution in [0.5, 0.6) is 0 Å². The largest absolute Gasteiger partial charge is 0.359 e. The number of aromatic nitrogens is 2. The predicted molar refractivity (Wildman–Crippen MR) is 51.9 cm³/mol. The number of nitrogens with one attached hydrogen (secondary N) is 2. The quantitative estimate of drug-likeness (QED) is 0.595. The highest BCUT2D eigenvalue weighted by Gasteiger charge is 2.05. The summed E-state index contributed by atoms with van der Waals surface area (Å²) >= 11 is 0. The first-order valence-corrected chi connectivity index (χ1v) is 4.16. The van der Waals surface area contributed by atoms with E-state index in [0.717, 1.165) is 5.69 Å². The second-order valence-corrected chi connectivity index (χ2v) is 2.77. The molecule has 1 heterocycles. The van der Waals surface area contributed by atoms with Crippen molar-refractivity contribution in [2.45, 2.75) is 13.3 Å². The van der Waals surface area contributed by atoms with E-state index in [1.807, 2.05) is 0 Å². The molecule has 0 atom stereocenters. The molecule has 0 radical (unpaired) electrons. The summed E-state index contributed by atoms with van der Waals surface area (Å²) in [6.45, 7) is 2.27. The smallest absolute Gasteiger partial charge is 0.255 e. The maximum absolute atomic E-state index is 11.4. The van der Waals surface area contributed by atoms with Gasteiger partial charge in [-0.3, -0.25) is 9.78 Å². The Labute approximate surface area is 76.4 Å². The highest BCUT2D eigenvalue weighted by molar-refractivity contribution is 5.28. The van der Waals surface area contributed by atoms with Crippen molar-refractivity contribution in [1.82, 2.24) is 9.97 Å². The van der Waals surface area contributed by atoms with Crippen molar-refractivity contribution in [2.75, 3.05) is 18.9 Å². The van der Waals surface area contributed by atoms with Gasteiger partial charge in [0.2, 0.25) is 5.95 Å². The van der Waals surface area contributed by atoms with Crippen LogP contribution < -0.4 is 16.6 Å². The van der Waals surface area contributed by atoms with Crippen LogP contribution in [0.1, 0.15) is 11.3 Å². The lowest BCUT2D eigenvalue weighted by Crippen LogP contribution is -2.20. The van der Waals surface area contributed by atoms with E-state index < -0.39 is 0 Å². The molecule has 0 saturated heterocycles. The van der Waals surface area contributed by atoms with Crippen molar-refractivity contribution in [3.05, 3.63) is 21.6 Å². The summed E-state index contributed by atoms with van der Waals surface area (Å²) in [4.78, 5) is 18.2. The van der Waals surface area contributed by atoms with Crippen LogP contribution in [0.15, 0.2) is 4.79 Å². The van der Waals surface area contributed by atoms with Crippen molar-refractivity contribution in [3.63, 3.8) is 0 Å². The molecule has 1 rings (SSSR count). The van der Waals surface area contributed by atoms with Crippen molar-refractivity contribution < 1.29 is 0 Å². The van der Waals surface area contributed by atoms with E-state index >= 15 is 0 Å². The first-order chi connectivity index (χ1) is 6.19. The van der Waals surface area contributed by atoms with Crippen LogP contribution in [-0.4, -0.2) is 23.6 Å². The lowest BCUT2D eigenvalue weighted by molar-refractivity contribution is 0.900. The molecule has 0 amide bonds. The van der Waals surface area contributed by atoms with Crippen molar-refractivity contribution in [2.24, 2.45) is 5.73 Å². The Morgan fingerprint density at radius 3 is 2.77 bits per heavy atom. The first-order valence-electron chi connectivity index (χ1n) is 4.16. The Morgan fingerprint density at radius 2 is 2.31 bits per heavy atom. The summed E-state index contributed by atoms with van der Waals surface area (Å²) < 4.78 is 0. The molecule has 0 aliphatic heterocycles. The van der Waals surface area contributed by atoms with Gasteiger partial charge in [-0.05, 0) is 19.9 Å². The second-order valence-electron chi connectivity index (χ2n) is 2.77. The first kappa shape index (κ1) is 9.73. The maximum Gasteiger partial charge on any atom is 0.255 e. The van der Waals surface area contributed by atoms with Gasteiger partial charge in [-0.15, -0.1) is 0 Å². The number of aryl methyl sites for hydroxylation is 1. The SMILES string of the molecule is CNc1nc(C)c(CCN)c(=O)[nH]1. The van der Waals surface area contributed by atoms with Crippen LogP contribution >= 0.6 is 0 Å². The lowest BCUT2D eigenvalue weighted by Gasteiger charge is -2.04. The van der Waals surface area contributed by atoms with Gasteiger partial charge >= 0.3 is 0 Å². The summed E-state index contributed by atoms with van der Waals surface area (Å²) in [5.41, 5.74) is 6.67. The maximum atomic E-state index is 11.4. The minimum atomic E-state index is -0.109. The molecular weight excluding hydrogens is 168 g/mol. The summed E-state index contributed by atoms with van der Waals surface area (Å²) in [5.74, 6) is 0.489. The molecule has 0 aliphatic carbocycles. The average Bonchev–Trinajstić information content (AvgIpc) is 2.11. The zero-order valence-corrected chi connectivity index (χ0v) is 7.85. The normalized spacial score (nSPS) is 10.1. The molecule has 5 nitrogen and oxygen atoms in total. The lowest BCUT2D eigenvalue weighted by atomic mass is 10.2. The molecule has 0 saturated carbocycles. The molecule has 0 aliphatic rings. The van der Waals surface area contributed by atoms with Gasteiger partial charge in [0.15, 0.2) is 0 Å². The minimum Gasteiger partial charge on any atom is -0.359 e. The standard InChI is InChI=1S/C8H14N4O/c1-5-6(3-4-9)7(13)12-8(10-2)11-5/h3-4,9H2,1-2H3,(H2,10,11,12,13). The fourth-order valence-electron chi connectivity index (χ4n) is 1.17. The van der Waals surface area contributed by atoms with Crippen molar-refractivity contribution in [1.29, 1.82) is 0 Å². The molecule has 0 aromatic carbocycles. The highest BCUT2D eigenvalue weighted by Crippen LogP contribution is 2.01. The number of H-pyrrole nitrogens is 1. The molecule has 72 valence electrons. The van der Waals surface area contributed by atoms with E-state index in [0.29, 0.717) is 24.5 Å². The average molecular weight is 182 g/mol. The Morgan fingerprint density at radius 1 is 1.62 bits per heavy atom. The van der Waals surface area contributed by atoms with Crippen LogP contribution in [0.2, 0.25) is 0 Å². The molecule has 4 N–H and O–H groups in total. The van der Waals surface area contributed by atoms with Gasteiger partial charge in [0, 0.05) is 18.3 Å². The summed E-state index contributed by atoms with van der Waals surface area (Å²) in [7, 11) is 1.71. The van der Waals surface area contributed by atoms with E-state index in [1.54, 1.807) is 14.0 Å². The van der Waals surface area contributed by atoms with Gasteiger partial charge in [-0.2, -0.15) is 0 Å². The number of hydrogen-bond donors (Lipinski definition) is 3. The number of aromatic amines is 1. The topological polar surface area (TPSA) is 83.8 Å². The van der Waals surface area contributed by atoms with E-state index in [4.69, 9.17) is 5.73 Å². The molecule has 13 heavy (non-hydrogen) atoms. The van der Waals surface area contributed by atoms with E-state index in [9.17, 15) is 4.79 Å². The van der Waals surface area contributed by atoms with Gasteiger partial charge in [0.05, 0.1) is 0 Å². The third-order valence-electron chi connectivity index (χ3n) is 1.85. The monoisotopic (exact) mass is 182 g/mol. The molecule has 1 aromatic rings. The van der Waals surface area contributed by atoms with Gasteiger partial charge in [-0.1, -0.05) is 0 Å². The number of anilines is 1. The molecule has 0 spiro atoms. The second kappa shape index (κ2) is 4.04. The molecule has 0 fully saturated rings. The number of nitrogens with zero attached hydrogens (tertiary/aromatic N) is 1. The van der Waals surface area contributed by atoms with Crippen LogP contribution in [0, 0.1) is 6.92 Å². The van der Waals surface area contributed by atoms with Gasteiger partial charge in [0.25, 0.3) is 5.56 Å². The van der Waals surface area contributed by atoms with Gasteiger partial charge < -0.3 is 11.1 Å². The zero-order valence-electron chi connectivity index (χ0n) is 7.85. The molecule has 5 heteroatoms. The van der Waals surface area contributed by atoms with Crippen molar-refractivity contribution >= 4 is 5.95 Å². The van der Waals surface area contributed by atoms with E-state index in [-0.39, 0.29) is 5.56 Å². The van der Waals surface area contributed by atoms with Crippen LogP contribution in [-0.2, 0) is 6.42 Å². The van der Waals surface area contributed by atoms with E-state index in [2.05, 4.69) is 15.3 Å². The van der Waals surface area contributed by atoms with Crippen LogP contribution in [0.4, 0.5) is 5.95 Å². The minimum absolute atomic E-state index is 0.109. The Bertz CT molecular complexity index is 344. The number of nitrogens with two attached hydrogens (primary N) is 1. The summed E-state index contributed by atoms with van der Waals surface area (Å²) in [6, 6.07) is 0. The molecule has 1 aromatic heterocycles. The van der Waals surface area contributed by atoms with Crippen molar-refractivity contribution in [3.8, 4) is 0 Å². The Hall–Kier alpha value is -1.36. The number of hydrogen-bond acceptors (Lipinski definition) is 4.